The Morgan fingerprint density at radius 2 is 1.65 bits per heavy atom. The molecule has 1 heterocycles. The Hall–Kier alpha value is -2.38. The van der Waals surface area contributed by atoms with Gasteiger partial charge in [0.1, 0.15) is 11.5 Å². The van der Waals surface area contributed by atoms with Gasteiger partial charge in [-0.15, -0.1) is 10.2 Å². The topological polar surface area (TPSA) is 75.2 Å². The van der Waals surface area contributed by atoms with E-state index in [0.29, 0.717) is 35.0 Å². The van der Waals surface area contributed by atoms with Crippen molar-refractivity contribution in [2.75, 3.05) is 24.8 Å². The smallest absolute Gasteiger partial charge is 0.210 e. The molecule has 0 atom stereocenters. The van der Waals surface area contributed by atoms with Crippen molar-refractivity contribution in [1.82, 2.24) is 14.9 Å². The Kier molecular flexibility index (Phi) is 6.25. The lowest BCUT2D eigenvalue weighted by Crippen LogP contribution is -2.12. The molecule has 136 valence electrons. The van der Waals surface area contributed by atoms with Crippen LogP contribution in [0, 0.1) is 0 Å². The lowest BCUT2D eigenvalue weighted by molar-refractivity contribution is 0.332. The highest BCUT2D eigenvalue weighted by Crippen LogP contribution is 2.23. The number of hydrogen-bond acceptors (Lipinski definition) is 6. The molecule has 2 aromatic carbocycles. The number of benzene rings is 2. The summed E-state index contributed by atoms with van der Waals surface area (Å²) in [5.74, 6) is 9.02. The highest BCUT2D eigenvalue weighted by molar-refractivity contribution is 7.99. The van der Waals surface area contributed by atoms with Crippen molar-refractivity contribution in [3.05, 3.63) is 53.6 Å². The third-order valence-electron chi connectivity index (χ3n) is 3.48. The van der Waals surface area contributed by atoms with Gasteiger partial charge in [-0.3, -0.25) is 0 Å². The van der Waals surface area contributed by atoms with Crippen LogP contribution in [0.5, 0.6) is 11.5 Å². The Morgan fingerprint density at radius 1 is 1.00 bits per heavy atom. The SMILES string of the molecule is CCOc1ccc(OCCSc2nnc(-c3ccc(Cl)cc3)n2N)cc1. The van der Waals surface area contributed by atoms with E-state index in [-0.39, 0.29) is 0 Å². The van der Waals surface area contributed by atoms with Crippen LogP contribution in [0.2, 0.25) is 5.02 Å². The second kappa shape index (κ2) is 8.82. The number of thioether (sulfide) groups is 1. The number of aromatic nitrogens is 3. The van der Waals surface area contributed by atoms with E-state index in [9.17, 15) is 0 Å². The number of hydrogen-bond donors (Lipinski definition) is 1. The highest BCUT2D eigenvalue weighted by atomic mass is 35.5. The van der Waals surface area contributed by atoms with E-state index in [1.54, 1.807) is 12.1 Å². The van der Waals surface area contributed by atoms with Crippen LogP contribution in [-0.2, 0) is 0 Å². The van der Waals surface area contributed by atoms with Gasteiger partial charge in [0.2, 0.25) is 5.16 Å². The zero-order valence-electron chi connectivity index (χ0n) is 14.3. The number of nitrogen functional groups attached to an aromatic ring is 1. The standard InChI is InChI=1S/C18H19ClN4O2S/c1-2-24-15-7-9-16(10-8-15)25-11-12-26-18-22-21-17(23(18)20)13-3-5-14(19)6-4-13/h3-10H,2,11-12,20H2,1H3. The van der Waals surface area contributed by atoms with Gasteiger partial charge in [-0.25, -0.2) is 4.68 Å². The van der Waals surface area contributed by atoms with Gasteiger partial charge in [0, 0.05) is 16.3 Å². The van der Waals surface area contributed by atoms with Gasteiger partial charge in [-0.1, -0.05) is 23.4 Å². The molecule has 0 saturated heterocycles. The first-order valence-electron chi connectivity index (χ1n) is 8.12. The third-order valence-corrected chi connectivity index (χ3v) is 4.64. The van der Waals surface area contributed by atoms with Crippen molar-refractivity contribution in [3.63, 3.8) is 0 Å². The molecule has 2 N–H and O–H groups in total. The zero-order chi connectivity index (χ0) is 18.4. The normalized spacial score (nSPS) is 10.7. The quantitative estimate of drug-likeness (QED) is 0.357. The summed E-state index contributed by atoms with van der Waals surface area (Å²) in [7, 11) is 0. The van der Waals surface area contributed by atoms with E-state index in [1.807, 2.05) is 43.3 Å². The molecule has 26 heavy (non-hydrogen) atoms. The number of rotatable bonds is 8. The Labute approximate surface area is 161 Å². The zero-order valence-corrected chi connectivity index (χ0v) is 15.8. The number of halogens is 1. The average Bonchev–Trinajstić information content (AvgIpc) is 3.02. The largest absolute Gasteiger partial charge is 0.494 e. The van der Waals surface area contributed by atoms with E-state index in [1.165, 1.54) is 16.4 Å². The van der Waals surface area contributed by atoms with Gasteiger partial charge >= 0.3 is 0 Å². The predicted octanol–water partition coefficient (Wildman–Crippen LogP) is 3.88. The van der Waals surface area contributed by atoms with Gasteiger partial charge in [0.05, 0.1) is 13.2 Å². The lowest BCUT2D eigenvalue weighted by Gasteiger charge is -2.07. The second-order valence-electron chi connectivity index (χ2n) is 5.28. The molecule has 6 nitrogen and oxygen atoms in total. The molecule has 0 spiro atoms. The first kappa shape index (κ1) is 18.4. The third kappa shape index (κ3) is 4.62. The van der Waals surface area contributed by atoms with Gasteiger partial charge in [-0.05, 0) is 55.5 Å². The maximum atomic E-state index is 6.10. The molecule has 0 unspecified atom stereocenters. The summed E-state index contributed by atoms with van der Waals surface area (Å²) in [6.45, 7) is 3.13. The van der Waals surface area contributed by atoms with Gasteiger partial charge in [0.25, 0.3) is 0 Å². The number of nitrogens with zero attached hydrogens (tertiary/aromatic N) is 3. The van der Waals surface area contributed by atoms with Gasteiger partial charge in [0.15, 0.2) is 5.82 Å². The van der Waals surface area contributed by atoms with Crippen molar-refractivity contribution >= 4 is 23.4 Å². The Morgan fingerprint density at radius 3 is 2.31 bits per heavy atom. The molecule has 3 rings (SSSR count). The maximum absolute atomic E-state index is 6.10. The van der Waals surface area contributed by atoms with Crippen LogP contribution in [0.15, 0.2) is 53.7 Å². The average molecular weight is 391 g/mol. The number of ether oxygens (including phenoxy) is 2. The van der Waals surface area contributed by atoms with Crippen LogP contribution in [-0.4, -0.2) is 33.8 Å². The summed E-state index contributed by atoms with van der Waals surface area (Å²) in [6.07, 6.45) is 0. The maximum Gasteiger partial charge on any atom is 0.210 e. The summed E-state index contributed by atoms with van der Waals surface area (Å²) >= 11 is 7.39. The fourth-order valence-corrected chi connectivity index (χ4v) is 3.06. The van der Waals surface area contributed by atoms with Crippen molar-refractivity contribution in [2.24, 2.45) is 0 Å². The fourth-order valence-electron chi connectivity index (χ4n) is 2.26. The number of nitrogens with two attached hydrogens (primary N) is 1. The summed E-state index contributed by atoms with van der Waals surface area (Å²) in [5.41, 5.74) is 0.863. The minimum absolute atomic E-state index is 0.530. The molecular weight excluding hydrogens is 372 g/mol. The molecule has 0 fully saturated rings. The Bertz CT molecular complexity index is 837. The van der Waals surface area contributed by atoms with Crippen LogP contribution >= 0.6 is 23.4 Å². The van der Waals surface area contributed by atoms with Crippen molar-refractivity contribution < 1.29 is 9.47 Å². The molecule has 0 aliphatic rings. The minimum atomic E-state index is 0.530. The highest BCUT2D eigenvalue weighted by Gasteiger charge is 2.12. The molecule has 1 aromatic heterocycles. The van der Waals surface area contributed by atoms with E-state index >= 15 is 0 Å². The van der Waals surface area contributed by atoms with Crippen LogP contribution in [0.3, 0.4) is 0 Å². The Balaban J connectivity index is 1.51. The lowest BCUT2D eigenvalue weighted by atomic mass is 10.2. The summed E-state index contributed by atoms with van der Waals surface area (Å²) < 4.78 is 12.6. The molecule has 0 bridgehead atoms. The van der Waals surface area contributed by atoms with Gasteiger partial charge < -0.3 is 15.3 Å². The van der Waals surface area contributed by atoms with Crippen LogP contribution in [0.25, 0.3) is 11.4 Å². The van der Waals surface area contributed by atoms with E-state index < -0.39 is 0 Å². The first-order valence-corrected chi connectivity index (χ1v) is 9.48. The van der Waals surface area contributed by atoms with Crippen molar-refractivity contribution in [3.8, 4) is 22.9 Å². The second-order valence-corrected chi connectivity index (χ2v) is 6.78. The van der Waals surface area contributed by atoms with Crippen LogP contribution in [0.4, 0.5) is 0 Å². The summed E-state index contributed by atoms with van der Waals surface area (Å²) in [6, 6.07) is 14.9. The monoisotopic (exact) mass is 390 g/mol. The molecule has 0 radical (unpaired) electrons. The summed E-state index contributed by atoms with van der Waals surface area (Å²) in [5, 5.41) is 9.58. The molecule has 8 heteroatoms. The molecule has 3 aromatic rings. The van der Waals surface area contributed by atoms with E-state index in [4.69, 9.17) is 26.9 Å². The minimum Gasteiger partial charge on any atom is -0.494 e. The first-order chi connectivity index (χ1) is 12.7. The van der Waals surface area contributed by atoms with Crippen LogP contribution < -0.4 is 15.3 Å². The van der Waals surface area contributed by atoms with Gasteiger partial charge in [-0.2, -0.15) is 0 Å². The van der Waals surface area contributed by atoms with Crippen molar-refractivity contribution in [2.45, 2.75) is 12.1 Å². The van der Waals surface area contributed by atoms with E-state index in [0.717, 1.165) is 17.1 Å². The molecule has 0 saturated carbocycles. The molecule has 0 amide bonds. The van der Waals surface area contributed by atoms with E-state index in [2.05, 4.69) is 10.2 Å². The molecule has 0 aliphatic carbocycles. The van der Waals surface area contributed by atoms with Crippen LogP contribution in [0.1, 0.15) is 6.92 Å². The van der Waals surface area contributed by atoms with Crippen molar-refractivity contribution in [1.29, 1.82) is 0 Å². The predicted molar refractivity (Wildman–Crippen MR) is 104 cm³/mol. The molecular formula is C18H19ClN4O2S. The summed E-state index contributed by atoms with van der Waals surface area (Å²) in [4.78, 5) is 0. The molecule has 0 aliphatic heterocycles. The fraction of sp³-hybridized carbons (Fsp3) is 0.222.